The van der Waals surface area contributed by atoms with Gasteiger partial charge in [-0.05, 0) is 26.3 Å². The monoisotopic (exact) mass is 302 g/mol. The molecule has 0 aliphatic heterocycles. The molecular formula is C13H16ClFN2O3. The number of hydrogen-bond donors (Lipinski definition) is 1. The van der Waals surface area contributed by atoms with Crippen molar-refractivity contribution < 1.29 is 14.1 Å². The van der Waals surface area contributed by atoms with E-state index < -0.39 is 10.7 Å². The summed E-state index contributed by atoms with van der Waals surface area (Å²) in [6, 6.07) is 2.09. The van der Waals surface area contributed by atoms with Crippen LogP contribution in [0.25, 0.3) is 0 Å². The van der Waals surface area contributed by atoms with Crippen molar-refractivity contribution in [3.63, 3.8) is 0 Å². The van der Waals surface area contributed by atoms with Crippen LogP contribution in [0, 0.1) is 15.9 Å². The van der Waals surface area contributed by atoms with Gasteiger partial charge < -0.3 is 10.1 Å². The Hall–Kier alpha value is -1.40. The summed E-state index contributed by atoms with van der Waals surface area (Å²) in [5.74, 6) is -0.784. The third-order valence-corrected chi connectivity index (χ3v) is 3.84. The fourth-order valence-corrected chi connectivity index (χ4v) is 2.64. The highest BCUT2D eigenvalue weighted by Crippen LogP contribution is 2.34. The molecule has 0 spiro atoms. The average Bonchev–Trinajstić information content (AvgIpc) is 2.43. The highest BCUT2D eigenvalue weighted by molar-refractivity contribution is 6.31. The van der Waals surface area contributed by atoms with E-state index in [2.05, 4.69) is 5.32 Å². The van der Waals surface area contributed by atoms with Crippen molar-refractivity contribution in [2.24, 2.45) is 0 Å². The molecule has 0 saturated heterocycles. The van der Waals surface area contributed by atoms with Crippen LogP contribution in [0.2, 0.25) is 5.02 Å². The molecule has 1 aliphatic rings. The zero-order valence-electron chi connectivity index (χ0n) is 11.1. The summed E-state index contributed by atoms with van der Waals surface area (Å²) in [6.45, 7) is 0. The van der Waals surface area contributed by atoms with Gasteiger partial charge in [0.05, 0.1) is 9.95 Å². The average molecular weight is 303 g/mol. The van der Waals surface area contributed by atoms with Crippen LogP contribution in [-0.2, 0) is 0 Å². The number of nitro groups is 1. The van der Waals surface area contributed by atoms with Crippen molar-refractivity contribution >= 4 is 17.3 Å². The van der Waals surface area contributed by atoms with E-state index in [1.807, 2.05) is 7.05 Å². The Morgan fingerprint density at radius 1 is 1.45 bits per heavy atom. The highest BCUT2D eigenvalue weighted by Gasteiger charge is 2.28. The Morgan fingerprint density at radius 2 is 2.15 bits per heavy atom. The van der Waals surface area contributed by atoms with Gasteiger partial charge in [0.25, 0.3) is 0 Å². The van der Waals surface area contributed by atoms with Crippen molar-refractivity contribution in [2.75, 3.05) is 7.05 Å². The molecule has 0 radical (unpaired) electrons. The van der Waals surface area contributed by atoms with E-state index in [9.17, 15) is 14.5 Å². The van der Waals surface area contributed by atoms with Gasteiger partial charge in [-0.15, -0.1) is 0 Å². The number of benzene rings is 1. The maximum Gasteiger partial charge on any atom is 0.312 e. The lowest BCUT2D eigenvalue weighted by atomic mass is 9.92. The molecule has 1 aromatic carbocycles. The first kappa shape index (κ1) is 15.0. The predicted octanol–water partition coefficient (Wildman–Crippen LogP) is 3.30. The smallest absolute Gasteiger partial charge is 0.312 e. The molecule has 7 heteroatoms. The minimum absolute atomic E-state index is 0.0657. The van der Waals surface area contributed by atoms with Gasteiger partial charge in [-0.3, -0.25) is 10.1 Å². The molecule has 1 aromatic rings. The second-order valence-electron chi connectivity index (χ2n) is 4.83. The topological polar surface area (TPSA) is 64.4 Å². The van der Waals surface area contributed by atoms with Crippen LogP contribution in [0.15, 0.2) is 12.1 Å². The summed E-state index contributed by atoms with van der Waals surface area (Å²) in [5, 5.41) is 13.9. The van der Waals surface area contributed by atoms with Crippen LogP contribution < -0.4 is 10.1 Å². The first-order chi connectivity index (χ1) is 9.52. The van der Waals surface area contributed by atoms with Gasteiger partial charge in [0.2, 0.25) is 0 Å². The molecule has 2 unspecified atom stereocenters. The third-order valence-electron chi connectivity index (χ3n) is 3.55. The number of likely N-dealkylation sites (N-methyl/N-ethyl adjacent to an activating group) is 1. The first-order valence-corrected chi connectivity index (χ1v) is 6.88. The van der Waals surface area contributed by atoms with Crippen molar-refractivity contribution in [3.8, 4) is 5.75 Å². The fourth-order valence-electron chi connectivity index (χ4n) is 2.49. The summed E-state index contributed by atoms with van der Waals surface area (Å²) >= 11 is 5.58. The molecule has 0 heterocycles. The Bertz CT molecular complexity index is 513. The third kappa shape index (κ3) is 3.19. The molecule has 2 rings (SSSR count). The largest absolute Gasteiger partial charge is 0.482 e. The summed E-state index contributed by atoms with van der Waals surface area (Å²) in [6.07, 6.45) is 3.60. The maximum atomic E-state index is 13.5. The Kier molecular flexibility index (Phi) is 4.77. The van der Waals surface area contributed by atoms with Crippen LogP contribution in [0.3, 0.4) is 0 Å². The maximum absolute atomic E-state index is 13.5. The van der Waals surface area contributed by atoms with Crippen molar-refractivity contribution in [1.29, 1.82) is 0 Å². The van der Waals surface area contributed by atoms with Gasteiger partial charge in [0.1, 0.15) is 11.9 Å². The molecule has 1 fully saturated rings. The normalized spacial score (nSPS) is 22.6. The number of halogens is 2. The minimum Gasteiger partial charge on any atom is -0.482 e. The van der Waals surface area contributed by atoms with Crippen LogP contribution in [0.4, 0.5) is 10.1 Å². The van der Waals surface area contributed by atoms with Gasteiger partial charge in [0.15, 0.2) is 5.75 Å². The molecule has 1 aliphatic carbocycles. The van der Waals surface area contributed by atoms with Gasteiger partial charge in [-0.2, -0.15) is 0 Å². The van der Waals surface area contributed by atoms with E-state index in [1.54, 1.807) is 0 Å². The molecule has 0 amide bonds. The van der Waals surface area contributed by atoms with E-state index >= 15 is 0 Å². The Morgan fingerprint density at radius 3 is 2.80 bits per heavy atom. The number of nitrogens with one attached hydrogen (secondary N) is 1. The van der Waals surface area contributed by atoms with E-state index in [1.165, 1.54) is 0 Å². The summed E-state index contributed by atoms with van der Waals surface area (Å²) in [5.41, 5.74) is -0.308. The molecule has 110 valence electrons. The van der Waals surface area contributed by atoms with Crippen LogP contribution in [0.1, 0.15) is 25.7 Å². The molecule has 5 nitrogen and oxygen atoms in total. The molecule has 1 N–H and O–H groups in total. The Balaban J connectivity index is 2.27. The number of rotatable bonds is 4. The Labute approximate surface area is 121 Å². The van der Waals surface area contributed by atoms with Gasteiger partial charge in [-0.1, -0.05) is 18.0 Å². The van der Waals surface area contributed by atoms with Crippen molar-refractivity contribution in [2.45, 2.75) is 37.8 Å². The molecule has 1 saturated carbocycles. The molecular weight excluding hydrogens is 287 g/mol. The molecule has 2 atom stereocenters. The molecule has 20 heavy (non-hydrogen) atoms. The van der Waals surface area contributed by atoms with Crippen LogP contribution in [-0.4, -0.2) is 24.1 Å². The lowest BCUT2D eigenvalue weighted by Gasteiger charge is -2.31. The van der Waals surface area contributed by atoms with E-state index in [0.29, 0.717) is 0 Å². The summed E-state index contributed by atoms with van der Waals surface area (Å²) < 4.78 is 19.2. The zero-order chi connectivity index (χ0) is 14.7. The predicted molar refractivity (Wildman–Crippen MR) is 73.8 cm³/mol. The summed E-state index contributed by atoms with van der Waals surface area (Å²) in [7, 11) is 1.82. The standard InChI is InChI=1S/C13H16ClFN2O3/c1-16-10-4-2-3-5-12(10)20-13-7-9(15)8(14)6-11(13)17(18)19/h6-7,10,12,16H,2-5H2,1H3. The second kappa shape index (κ2) is 6.37. The summed E-state index contributed by atoms with van der Waals surface area (Å²) in [4.78, 5) is 10.4. The van der Waals surface area contributed by atoms with Gasteiger partial charge >= 0.3 is 5.69 Å². The van der Waals surface area contributed by atoms with Crippen LogP contribution in [0.5, 0.6) is 5.75 Å². The van der Waals surface area contributed by atoms with Gasteiger partial charge in [-0.25, -0.2) is 4.39 Å². The lowest BCUT2D eigenvalue weighted by Crippen LogP contribution is -2.43. The lowest BCUT2D eigenvalue weighted by molar-refractivity contribution is -0.386. The van der Waals surface area contributed by atoms with E-state index in [0.717, 1.165) is 37.8 Å². The SMILES string of the molecule is CNC1CCCCC1Oc1cc(F)c(Cl)cc1[N+](=O)[O-]. The van der Waals surface area contributed by atoms with Gasteiger partial charge in [0, 0.05) is 18.2 Å². The van der Waals surface area contributed by atoms with Crippen LogP contribution >= 0.6 is 11.6 Å². The number of nitrogens with zero attached hydrogens (tertiary/aromatic N) is 1. The zero-order valence-corrected chi connectivity index (χ0v) is 11.8. The quantitative estimate of drug-likeness (QED) is 0.684. The molecule has 0 bridgehead atoms. The van der Waals surface area contributed by atoms with Crippen molar-refractivity contribution in [3.05, 3.63) is 33.1 Å². The molecule has 0 aromatic heterocycles. The number of nitro benzene ring substituents is 1. The van der Waals surface area contributed by atoms with E-state index in [-0.39, 0.29) is 28.6 Å². The second-order valence-corrected chi connectivity index (χ2v) is 5.23. The first-order valence-electron chi connectivity index (χ1n) is 6.50. The number of hydrogen-bond acceptors (Lipinski definition) is 4. The number of ether oxygens (including phenoxy) is 1. The minimum atomic E-state index is -0.718. The highest BCUT2D eigenvalue weighted by atomic mass is 35.5. The van der Waals surface area contributed by atoms with E-state index in [4.69, 9.17) is 16.3 Å². The van der Waals surface area contributed by atoms with Crippen molar-refractivity contribution in [1.82, 2.24) is 5.32 Å². The fraction of sp³-hybridized carbons (Fsp3) is 0.538.